The Labute approximate surface area is 194 Å². The maximum absolute atomic E-state index is 13.2. The number of pyridine rings is 1. The van der Waals surface area contributed by atoms with Crippen LogP contribution < -0.4 is 0 Å². The first-order valence-electron chi connectivity index (χ1n) is 10.4. The molecule has 1 amide bonds. The lowest BCUT2D eigenvalue weighted by Crippen LogP contribution is -2.30. The molecular formula is C24H21ClN4O2S. The van der Waals surface area contributed by atoms with Gasteiger partial charge < -0.3 is 9.32 Å². The van der Waals surface area contributed by atoms with Crippen molar-refractivity contribution >= 4 is 28.8 Å². The van der Waals surface area contributed by atoms with Gasteiger partial charge in [-0.1, -0.05) is 23.7 Å². The molecule has 0 saturated carbocycles. The number of aromatic nitrogens is 3. The molecule has 8 heteroatoms. The number of carbonyl (C=O) groups excluding carboxylic acids is 1. The largest absolute Gasteiger partial charge is 0.443 e. The number of likely N-dealkylation sites (tertiary alicyclic amines) is 1. The molecule has 4 heterocycles. The van der Waals surface area contributed by atoms with E-state index in [1.54, 1.807) is 29.2 Å². The van der Waals surface area contributed by atoms with Crippen molar-refractivity contribution < 1.29 is 9.21 Å². The average Bonchev–Trinajstić information content (AvgIpc) is 3.56. The summed E-state index contributed by atoms with van der Waals surface area (Å²) in [5.74, 6) is 1.31. The molecule has 1 aliphatic rings. The van der Waals surface area contributed by atoms with Gasteiger partial charge in [-0.05, 0) is 49.6 Å². The van der Waals surface area contributed by atoms with Crippen molar-refractivity contribution in [1.29, 1.82) is 0 Å². The van der Waals surface area contributed by atoms with Crippen molar-refractivity contribution in [3.8, 4) is 10.6 Å². The van der Waals surface area contributed by atoms with E-state index in [0.29, 0.717) is 29.4 Å². The van der Waals surface area contributed by atoms with Crippen molar-refractivity contribution in [2.24, 2.45) is 0 Å². The predicted molar refractivity (Wildman–Crippen MR) is 124 cm³/mol. The van der Waals surface area contributed by atoms with Crippen LogP contribution in [0.4, 0.5) is 0 Å². The first-order valence-corrected chi connectivity index (χ1v) is 11.7. The lowest BCUT2D eigenvalue weighted by Gasteiger charge is -2.22. The zero-order valence-electron chi connectivity index (χ0n) is 17.5. The predicted octanol–water partition coefficient (Wildman–Crippen LogP) is 5.72. The van der Waals surface area contributed by atoms with Crippen LogP contribution in [0.15, 0.2) is 58.7 Å². The van der Waals surface area contributed by atoms with Crippen molar-refractivity contribution in [2.45, 2.75) is 32.2 Å². The third-order valence-corrected chi connectivity index (χ3v) is 6.85. The van der Waals surface area contributed by atoms with Crippen molar-refractivity contribution in [3.63, 3.8) is 0 Å². The van der Waals surface area contributed by atoms with E-state index in [1.165, 1.54) is 0 Å². The number of halogens is 1. The Morgan fingerprint density at radius 1 is 1.16 bits per heavy atom. The molecule has 4 aromatic rings. The lowest BCUT2D eigenvalue weighted by atomic mass is 10.1. The summed E-state index contributed by atoms with van der Waals surface area (Å²) in [6.45, 7) is 2.63. The normalized spacial score (nSPS) is 15.9. The average molecular weight is 465 g/mol. The van der Waals surface area contributed by atoms with Gasteiger partial charge in [-0.2, -0.15) is 0 Å². The van der Waals surface area contributed by atoms with E-state index in [2.05, 4.69) is 15.0 Å². The summed E-state index contributed by atoms with van der Waals surface area (Å²) in [5, 5.41) is 0.705. The van der Waals surface area contributed by atoms with E-state index >= 15 is 0 Å². The molecule has 1 unspecified atom stereocenters. The van der Waals surface area contributed by atoms with Crippen LogP contribution in [-0.4, -0.2) is 32.3 Å². The smallest absolute Gasteiger partial charge is 0.256 e. The van der Waals surface area contributed by atoms with E-state index in [4.69, 9.17) is 16.0 Å². The molecule has 1 aliphatic heterocycles. The Balaban J connectivity index is 1.31. The number of aryl methyl sites for hydroxylation is 1. The van der Waals surface area contributed by atoms with Gasteiger partial charge in [0.1, 0.15) is 11.8 Å². The van der Waals surface area contributed by atoms with Crippen LogP contribution in [0.2, 0.25) is 5.02 Å². The molecule has 0 spiro atoms. The van der Waals surface area contributed by atoms with Crippen molar-refractivity contribution in [1.82, 2.24) is 19.9 Å². The Morgan fingerprint density at radius 2 is 2.00 bits per heavy atom. The number of rotatable bonds is 5. The van der Waals surface area contributed by atoms with Gasteiger partial charge >= 0.3 is 0 Å². The molecule has 32 heavy (non-hydrogen) atoms. The number of thiazole rings is 1. The van der Waals surface area contributed by atoms with Crippen LogP contribution in [-0.2, 0) is 6.42 Å². The van der Waals surface area contributed by atoms with E-state index in [-0.39, 0.29) is 11.9 Å². The van der Waals surface area contributed by atoms with Crippen LogP contribution in [0.5, 0.6) is 0 Å². The zero-order chi connectivity index (χ0) is 22.1. The van der Waals surface area contributed by atoms with Crippen LogP contribution >= 0.6 is 22.9 Å². The fraction of sp³-hybridized carbons (Fsp3) is 0.250. The molecule has 1 fully saturated rings. The monoisotopic (exact) mass is 464 g/mol. The summed E-state index contributed by atoms with van der Waals surface area (Å²) >= 11 is 7.51. The molecule has 162 valence electrons. The number of benzene rings is 1. The molecule has 3 aromatic heterocycles. The van der Waals surface area contributed by atoms with E-state index < -0.39 is 0 Å². The minimum absolute atomic E-state index is 0.0509. The molecule has 5 rings (SSSR count). The van der Waals surface area contributed by atoms with Gasteiger partial charge in [0.05, 0.1) is 33.5 Å². The van der Waals surface area contributed by atoms with Crippen molar-refractivity contribution in [2.75, 3.05) is 6.54 Å². The molecule has 0 bridgehead atoms. The van der Waals surface area contributed by atoms with Gasteiger partial charge in [-0.15, -0.1) is 11.3 Å². The second-order valence-electron chi connectivity index (χ2n) is 7.82. The molecule has 0 radical (unpaired) electrons. The molecule has 6 nitrogen and oxygen atoms in total. The molecule has 0 N–H and O–H groups in total. The molecule has 1 atom stereocenters. The highest BCUT2D eigenvalue weighted by molar-refractivity contribution is 7.13. The zero-order valence-corrected chi connectivity index (χ0v) is 19.1. The van der Waals surface area contributed by atoms with Gasteiger partial charge in [-0.3, -0.25) is 9.78 Å². The van der Waals surface area contributed by atoms with Gasteiger partial charge in [0.15, 0.2) is 0 Å². The SMILES string of the molecule is Cc1ncsc1-c1ccc(C(=O)N2CCCC2c2ncc(Cc3ccc(Cl)cc3)o2)cn1. The fourth-order valence-corrected chi connectivity index (χ4v) is 4.90. The highest BCUT2D eigenvalue weighted by atomic mass is 35.5. The second-order valence-corrected chi connectivity index (χ2v) is 9.11. The summed E-state index contributed by atoms with van der Waals surface area (Å²) in [7, 11) is 0. The third kappa shape index (κ3) is 4.18. The maximum Gasteiger partial charge on any atom is 0.256 e. The number of hydrogen-bond acceptors (Lipinski definition) is 6. The van der Waals surface area contributed by atoms with Gasteiger partial charge in [0, 0.05) is 24.2 Å². The standard InChI is InChI=1S/C24H21ClN4O2S/c1-15-22(32-14-28-15)20-9-6-17(12-26-20)24(30)29-10-2-3-21(29)23-27-13-19(31-23)11-16-4-7-18(25)8-5-16/h4-9,12-14,21H,2-3,10-11H2,1H3. The molecular weight excluding hydrogens is 444 g/mol. The third-order valence-electron chi connectivity index (χ3n) is 5.65. The number of amides is 1. The Hall–Kier alpha value is -3.03. The topological polar surface area (TPSA) is 72.1 Å². The quantitative estimate of drug-likeness (QED) is 0.377. The Bertz CT molecular complexity index is 1230. The summed E-state index contributed by atoms with van der Waals surface area (Å²) in [6.07, 6.45) is 5.77. The lowest BCUT2D eigenvalue weighted by molar-refractivity contribution is 0.0714. The van der Waals surface area contributed by atoms with Gasteiger partial charge in [0.25, 0.3) is 5.91 Å². The maximum atomic E-state index is 13.2. The Morgan fingerprint density at radius 3 is 2.72 bits per heavy atom. The summed E-state index contributed by atoms with van der Waals surface area (Å²) in [6, 6.07) is 11.2. The van der Waals surface area contributed by atoms with Gasteiger partial charge in [0.2, 0.25) is 5.89 Å². The number of carbonyl (C=O) groups is 1. The first-order chi connectivity index (χ1) is 15.6. The second kappa shape index (κ2) is 8.84. The highest BCUT2D eigenvalue weighted by Gasteiger charge is 2.34. The number of hydrogen-bond donors (Lipinski definition) is 0. The van der Waals surface area contributed by atoms with Gasteiger partial charge in [-0.25, -0.2) is 9.97 Å². The van der Waals surface area contributed by atoms with E-state index in [1.807, 2.05) is 48.2 Å². The van der Waals surface area contributed by atoms with Crippen LogP contribution in [0.3, 0.4) is 0 Å². The number of oxazole rings is 1. The first kappa shape index (κ1) is 20.8. The van der Waals surface area contributed by atoms with Crippen LogP contribution in [0.25, 0.3) is 10.6 Å². The van der Waals surface area contributed by atoms with Crippen LogP contribution in [0.1, 0.15) is 52.1 Å². The minimum atomic E-state index is -0.162. The molecule has 0 aliphatic carbocycles. The Kier molecular flexibility index (Phi) is 5.76. The fourth-order valence-electron chi connectivity index (χ4n) is 4.00. The number of nitrogens with zero attached hydrogens (tertiary/aromatic N) is 4. The van der Waals surface area contributed by atoms with Crippen LogP contribution in [0, 0.1) is 6.92 Å². The minimum Gasteiger partial charge on any atom is -0.443 e. The highest BCUT2D eigenvalue weighted by Crippen LogP contribution is 2.33. The van der Waals surface area contributed by atoms with E-state index in [0.717, 1.165) is 40.4 Å². The molecule has 1 aromatic carbocycles. The summed E-state index contributed by atoms with van der Waals surface area (Å²) < 4.78 is 6.04. The van der Waals surface area contributed by atoms with Crippen molar-refractivity contribution in [3.05, 3.63) is 87.8 Å². The van der Waals surface area contributed by atoms with E-state index in [9.17, 15) is 4.79 Å². The summed E-state index contributed by atoms with van der Waals surface area (Å²) in [5.41, 5.74) is 5.24. The molecule has 1 saturated heterocycles. The summed E-state index contributed by atoms with van der Waals surface area (Å²) in [4.78, 5) is 29.3.